The molecule has 7 heteroatoms. The molecule has 0 aromatic carbocycles. The summed E-state index contributed by atoms with van der Waals surface area (Å²) >= 11 is 0. The summed E-state index contributed by atoms with van der Waals surface area (Å²) in [5.74, 6) is 0.554. The van der Waals surface area contributed by atoms with Gasteiger partial charge < -0.3 is 19.3 Å². The van der Waals surface area contributed by atoms with Crippen LogP contribution in [0.2, 0.25) is 0 Å². The molecular formula is C20H37N3O4. The number of amides is 2. The van der Waals surface area contributed by atoms with Crippen LogP contribution in [-0.2, 0) is 14.3 Å². The van der Waals surface area contributed by atoms with Crippen molar-refractivity contribution < 1.29 is 19.1 Å². The summed E-state index contributed by atoms with van der Waals surface area (Å²) in [6.45, 7) is 15.3. The van der Waals surface area contributed by atoms with E-state index in [4.69, 9.17) is 9.47 Å². The van der Waals surface area contributed by atoms with Crippen molar-refractivity contribution in [2.24, 2.45) is 5.92 Å². The van der Waals surface area contributed by atoms with Gasteiger partial charge in [0, 0.05) is 32.2 Å². The smallest absolute Gasteiger partial charge is 0.410 e. The minimum atomic E-state index is -0.493. The number of rotatable bonds is 5. The first kappa shape index (κ1) is 22.0. The normalized spacial score (nSPS) is 22.0. The average Bonchev–Trinajstić information content (AvgIpc) is 2.59. The van der Waals surface area contributed by atoms with Crippen molar-refractivity contribution in [2.75, 3.05) is 52.5 Å². The summed E-state index contributed by atoms with van der Waals surface area (Å²) in [7, 11) is 0. The van der Waals surface area contributed by atoms with Gasteiger partial charge in [-0.1, -0.05) is 0 Å². The van der Waals surface area contributed by atoms with Crippen LogP contribution in [0.4, 0.5) is 4.79 Å². The van der Waals surface area contributed by atoms with Gasteiger partial charge in [-0.3, -0.25) is 9.69 Å². The number of carbonyl (C=O) groups excluding carboxylic acids is 2. The van der Waals surface area contributed by atoms with Gasteiger partial charge in [0.15, 0.2) is 0 Å². The highest BCUT2D eigenvalue weighted by atomic mass is 16.6. The molecule has 1 atom stereocenters. The number of carbonyl (C=O) groups is 2. The molecule has 2 amide bonds. The SMILES string of the molecule is CC(C)N(CC1CCCN(CC(=O)N2CCOCC2)C1)C(=O)OC(C)(C)C. The zero-order chi connectivity index (χ0) is 20.0. The van der Waals surface area contributed by atoms with Crippen molar-refractivity contribution in [2.45, 2.75) is 59.1 Å². The molecule has 156 valence electrons. The Labute approximate surface area is 163 Å². The Morgan fingerprint density at radius 2 is 1.85 bits per heavy atom. The van der Waals surface area contributed by atoms with Crippen LogP contribution in [0.1, 0.15) is 47.5 Å². The highest BCUT2D eigenvalue weighted by Crippen LogP contribution is 2.21. The molecule has 27 heavy (non-hydrogen) atoms. The number of morpholine rings is 1. The van der Waals surface area contributed by atoms with Crippen LogP contribution in [-0.4, -0.2) is 90.8 Å². The van der Waals surface area contributed by atoms with Crippen molar-refractivity contribution in [1.82, 2.24) is 14.7 Å². The van der Waals surface area contributed by atoms with Crippen molar-refractivity contribution in [1.29, 1.82) is 0 Å². The number of hydrogen-bond acceptors (Lipinski definition) is 5. The van der Waals surface area contributed by atoms with Crippen molar-refractivity contribution in [3.63, 3.8) is 0 Å². The van der Waals surface area contributed by atoms with E-state index in [9.17, 15) is 9.59 Å². The third-order valence-electron chi connectivity index (χ3n) is 5.03. The molecular weight excluding hydrogens is 346 g/mol. The molecule has 0 N–H and O–H groups in total. The van der Waals surface area contributed by atoms with Crippen LogP contribution in [0.3, 0.4) is 0 Å². The van der Waals surface area contributed by atoms with Crippen molar-refractivity contribution in [3.05, 3.63) is 0 Å². The minimum Gasteiger partial charge on any atom is -0.444 e. The molecule has 2 rings (SSSR count). The first-order valence-electron chi connectivity index (χ1n) is 10.2. The molecule has 7 nitrogen and oxygen atoms in total. The molecule has 2 saturated heterocycles. The largest absolute Gasteiger partial charge is 0.444 e. The Hall–Kier alpha value is -1.34. The molecule has 0 aromatic heterocycles. The van der Waals surface area contributed by atoms with E-state index in [1.54, 1.807) is 0 Å². The molecule has 2 aliphatic heterocycles. The van der Waals surface area contributed by atoms with E-state index in [2.05, 4.69) is 4.90 Å². The summed E-state index contributed by atoms with van der Waals surface area (Å²) in [4.78, 5) is 31.0. The third-order valence-corrected chi connectivity index (χ3v) is 5.03. The molecule has 0 spiro atoms. The van der Waals surface area contributed by atoms with Crippen molar-refractivity contribution in [3.8, 4) is 0 Å². The molecule has 2 fully saturated rings. The zero-order valence-corrected chi connectivity index (χ0v) is 17.7. The Bertz CT molecular complexity index is 498. The van der Waals surface area contributed by atoms with E-state index in [-0.39, 0.29) is 18.0 Å². The quantitative estimate of drug-likeness (QED) is 0.728. The predicted octanol–water partition coefficient (Wildman–Crippen LogP) is 2.20. The number of hydrogen-bond donors (Lipinski definition) is 0. The molecule has 2 heterocycles. The van der Waals surface area contributed by atoms with E-state index in [0.29, 0.717) is 45.3 Å². The average molecular weight is 384 g/mol. The number of likely N-dealkylation sites (tertiary alicyclic amines) is 1. The van der Waals surface area contributed by atoms with Gasteiger partial charge in [0.05, 0.1) is 19.8 Å². The van der Waals surface area contributed by atoms with E-state index in [0.717, 1.165) is 25.9 Å². The summed E-state index contributed by atoms with van der Waals surface area (Å²) in [6, 6.07) is 0.0882. The van der Waals surface area contributed by atoms with E-state index < -0.39 is 5.60 Å². The summed E-state index contributed by atoms with van der Waals surface area (Å²) in [5.41, 5.74) is -0.493. The van der Waals surface area contributed by atoms with E-state index >= 15 is 0 Å². The maximum atomic E-state index is 12.6. The fraction of sp³-hybridized carbons (Fsp3) is 0.900. The van der Waals surface area contributed by atoms with Gasteiger partial charge >= 0.3 is 6.09 Å². The lowest BCUT2D eigenvalue weighted by Gasteiger charge is -2.38. The van der Waals surface area contributed by atoms with E-state index in [1.807, 2.05) is 44.4 Å². The molecule has 0 aromatic rings. The fourth-order valence-corrected chi connectivity index (χ4v) is 3.64. The molecule has 0 saturated carbocycles. The molecule has 0 bridgehead atoms. The summed E-state index contributed by atoms with van der Waals surface area (Å²) in [6.07, 6.45) is 1.88. The highest BCUT2D eigenvalue weighted by molar-refractivity contribution is 5.78. The van der Waals surface area contributed by atoms with E-state index in [1.165, 1.54) is 0 Å². The Morgan fingerprint density at radius 1 is 1.19 bits per heavy atom. The Morgan fingerprint density at radius 3 is 2.44 bits per heavy atom. The summed E-state index contributed by atoms with van der Waals surface area (Å²) in [5, 5.41) is 0. The first-order valence-corrected chi connectivity index (χ1v) is 10.2. The Balaban J connectivity index is 1.87. The van der Waals surface area contributed by atoms with Crippen molar-refractivity contribution >= 4 is 12.0 Å². The zero-order valence-electron chi connectivity index (χ0n) is 17.7. The second kappa shape index (κ2) is 9.73. The standard InChI is InChI=1S/C20H37N3O4/c1-16(2)23(19(25)27-20(3,4)5)14-17-7-6-8-21(13-17)15-18(24)22-9-11-26-12-10-22/h16-17H,6-15H2,1-5H3. The maximum absolute atomic E-state index is 12.6. The number of ether oxygens (including phenoxy) is 2. The number of piperidine rings is 1. The van der Waals surface area contributed by atoms with Gasteiger partial charge in [0.25, 0.3) is 0 Å². The molecule has 0 aliphatic carbocycles. The van der Waals surface area contributed by atoms with Gasteiger partial charge in [0.1, 0.15) is 5.60 Å². The summed E-state index contributed by atoms with van der Waals surface area (Å²) < 4.78 is 10.9. The van der Waals surface area contributed by atoms with Gasteiger partial charge in [-0.05, 0) is 59.9 Å². The molecule has 0 radical (unpaired) electrons. The maximum Gasteiger partial charge on any atom is 0.410 e. The fourth-order valence-electron chi connectivity index (χ4n) is 3.64. The lowest BCUT2D eigenvalue weighted by atomic mass is 9.97. The molecule has 1 unspecified atom stereocenters. The van der Waals surface area contributed by atoms with Crippen LogP contribution in [0.5, 0.6) is 0 Å². The second-order valence-electron chi connectivity index (χ2n) is 8.96. The van der Waals surface area contributed by atoms with Gasteiger partial charge in [0.2, 0.25) is 5.91 Å². The topological polar surface area (TPSA) is 62.3 Å². The van der Waals surface area contributed by atoms with Crippen LogP contribution >= 0.6 is 0 Å². The number of nitrogens with zero attached hydrogens (tertiary/aromatic N) is 3. The van der Waals surface area contributed by atoms with Gasteiger partial charge in [-0.25, -0.2) is 4.79 Å². The van der Waals surface area contributed by atoms with Crippen LogP contribution in [0.25, 0.3) is 0 Å². The lowest BCUT2D eigenvalue weighted by molar-refractivity contribution is -0.137. The van der Waals surface area contributed by atoms with Crippen LogP contribution in [0.15, 0.2) is 0 Å². The third kappa shape index (κ3) is 7.30. The first-order chi connectivity index (χ1) is 12.7. The van der Waals surface area contributed by atoms with Crippen LogP contribution in [0, 0.1) is 5.92 Å². The van der Waals surface area contributed by atoms with Crippen LogP contribution < -0.4 is 0 Å². The monoisotopic (exact) mass is 383 g/mol. The minimum absolute atomic E-state index is 0.0882. The van der Waals surface area contributed by atoms with Gasteiger partial charge in [-0.2, -0.15) is 0 Å². The molecule has 2 aliphatic rings. The highest BCUT2D eigenvalue weighted by Gasteiger charge is 2.30. The Kier molecular flexibility index (Phi) is 7.91. The predicted molar refractivity (Wildman–Crippen MR) is 105 cm³/mol. The second-order valence-corrected chi connectivity index (χ2v) is 8.96. The van der Waals surface area contributed by atoms with Gasteiger partial charge in [-0.15, -0.1) is 0 Å². The lowest BCUT2D eigenvalue weighted by Crippen LogP contribution is -2.50.